The summed E-state index contributed by atoms with van der Waals surface area (Å²) in [6.07, 6.45) is 1.49. The summed E-state index contributed by atoms with van der Waals surface area (Å²) < 4.78 is 16.6. The fraction of sp³-hybridized carbons (Fsp3) is 0.381. The number of fused-ring (bicyclic) bond motifs is 1. The summed E-state index contributed by atoms with van der Waals surface area (Å²) in [5, 5.41) is -0.00643. The van der Waals surface area contributed by atoms with Gasteiger partial charge in [0.05, 0.1) is 27.4 Å². The number of benzene rings is 2. The lowest BCUT2D eigenvalue weighted by Gasteiger charge is -2.36. The van der Waals surface area contributed by atoms with Crippen molar-refractivity contribution in [1.82, 2.24) is 4.90 Å². The van der Waals surface area contributed by atoms with Crippen LogP contribution in [0, 0.1) is 0 Å². The standard InChI is InChI=1S/C21H23NO4S/c1-24-18-5-3-4-16(20(18)25-2)13-22-19(23)9-11-27-21(22)15-6-7-17-14(12-15)8-10-26-17/h3-7,12,21H,8-11,13H2,1-2H3. The van der Waals surface area contributed by atoms with Crippen molar-refractivity contribution >= 4 is 17.7 Å². The molecule has 4 rings (SSSR count). The van der Waals surface area contributed by atoms with Crippen molar-refractivity contribution in [3.63, 3.8) is 0 Å². The Hall–Kier alpha value is -2.34. The van der Waals surface area contributed by atoms with Crippen LogP contribution in [-0.4, -0.2) is 37.4 Å². The van der Waals surface area contributed by atoms with Crippen LogP contribution in [0.1, 0.15) is 28.5 Å². The number of rotatable bonds is 5. The molecule has 2 aliphatic heterocycles. The summed E-state index contributed by atoms with van der Waals surface area (Å²) in [4.78, 5) is 14.7. The van der Waals surface area contributed by atoms with Crippen molar-refractivity contribution in [2.24, 2.45) is 0 Å². The summed E-state index contributed by atoms with van der Waals surface area (Å²) in [7, 11) is 3.26. The zero-order valence-corrected chi connectivity index (χ0v) is 16.4. The molecule has 2 heterocycles. The topological polar surface area (TPSA) is 48.0 Å². The minimum absolute atomic E-state index is 0.00643. The molecule has 6 heteroatoms. The molecule has 0 bridgehead atoms. The number of carbonyl (C=O) groups excluding carboxylic acids is 1. The van der Waals surface area contributed by atoms with Gasteiger partial charge in [-0.25, -0.2) is 0 Å². The first-order chi connectivity index (χ1) is 13.2. The minimum atomic E-state index is -0.00643. The fourth-order valence-corrected chi connectivity index (χ4v) is 4.92. The first kappa shape index (κ1) is 18.0. The van der Waals surface area contributed by atoms with Crippen LogP contribution in [-0.2, 0) is 17.8 Å². The number of methoxy groups -OCH3 is 2. The molecule has 2 aromatic carbocycles. The van der Waals surface area contributed by atoms with Crippen LogP contribution in [0.5, 0.6) is 17.2 Å². The van der Waals surface area contributed by atoms with Gasteiger partial charge < -0.3 is 19.1 Å². The molecule has 0 saturated carbocycles. The number of carbonyl (C=O) groups is 1. The van der Waals surface area contributed by atoms with Crippen LogP contribution < -0.4 is 14.2 Å². The van der Waals surface area contributed by atoms with E-state index >= 15 is 0 Å². The Morgan fingerprint density at radius 3 is 2.89 bits per heavy atom. The number of amides is 1. The molecule has 1 fully saturated rings. The van der Waals surface area contributed by atoms with Crippen LogP contribution in [0.4, 0.5) is 0 Å². The number of hydrogen-bond acceptors (Lipinski definition) is 5. The summed E-state index contributed by atoms with van der Waals surface area (Å²) in [5.74, 6) is 3.33. The largest absolute Gasteiger partial charge is 0.493 e. The van der Waals surface area contributed by atoms with E-state index in [9.17, 15) is 4.79 Å². The smallest absolute Gasteiger partial charge is 0.224 e. The predicted molar refractivity (Wildman–Crippen MR) is 106 cm³/mol. The van der Waals surface area contributed by atoms with Crippen molar-refractivity contribution in [1.29, 1.82) is 0 Å². The number of para-hydroxylation sites is 1. The lowest BCUT2D eigenvalue weighted by molar-refractivity contribution is -0.132. The van der Waals surface area contributed by atoms with E-state index in [0.717, 1.165) is 35.7 Å². The summed E-state index contributed by atoms with van der Waals surface area (Å²) in [6.45, 7) is 1.23. The van der Waals surface area contributed by atoms with Gasteiger partial charge in [0.2, 0.25) is 5.91 Å². The van der Waals surface area contributed by atoms with Crippen LogP contribution in [0.25, 0.3) is 0 Å². The molecule has 1 atom stereocenters. The zero-order chi connectivity index (χ0) is 18.8. The quantitative estimate of drug-likeness (QED) is 0.783. The SMILES string of the molecule is COc1cccc(CN2C(=O)CCSC2c2ccc3c(c2)CCO3)c1OC. The highest BCUT2D eigenvalue weighted by Gasteiger charge is 2.31. The molecule has 1 amide bonds. The van der Waals surface area contributed by atoms with Gasteiger partial charge in [0, 0.05) is 24.2 Å². The summed E-state index contributed by atoms with van der Waals surface area (Å²) in [6, 6.07) is 12.1. The minimum Gasteiger partial charge on any atom is -0.493 e. The molecule has 0 N–H and O–H groups in total. The monoisotopic (exact) mass is 385 g/mol. The molecule has 142 valence electrons. The summed E-state index contributed by atoms with van der Waals surface area (Å²) >= 11 is 1.81. The predicted octanol–water partition coefficient (Wildman–Crippen LogP) is 3.80. The molecule has 2 aromatic rings. The molecule has 0 radical (unpaired) electrons. The lowest BCUT2D eigenvalue weighted by atomic mass is 10.1. The number of nitrogens with zero attached hydrogens (tertiary/aromatic N) is 1. The number of hydrogen-bond donors (Lipinski definition) is 0. The van der Waals surface area contributed by atoms with Gasteiger partial charge in [-0.3, -0.25) is 4.79 Å². The van der Waals surface area contributed by atoms with Crippen LogP contribution in [0.3, 0.4) is 0 Å². The second kappa shape index (κ2) is 7.72. The molecular weight excluding hydrogens is 362 g/mol. The van der Waals surface area contributed by atoms with E-state index in [4.69, 9.17) is 14.2 Å². The van der Waals surface area contributed by atoms with Crippen LogP contribution in [0.15, 0.2) is 36.4 Å². The molecular formula is C21H23NO4S. The van der Waals surface area contributed by atoms with Gasteiger partial charge in [-0.05, 0) is 29.3 Å². The number of ether oxygens (including phenoxy) is 3. The third kappa shape index (κ3) is 3.46. The Kier molecular flexibility index (Phi) is 5.16. The fourth-order valence-electron chi connectivity index (χ4n) is 3.69. The highest BCUT2D eigenvalue weighted by Crippen LogP contribution is 2.42. The van der Waals surface area contributed by atoms with E-state index in [1.54, 1.807) is 14.2 Å². The highest BCUT2D eigenvalue weighted by atomic mass is 32.2. The molecule has 1 saturated heterocycles. The van der Waals surface area contributed by atoms with Gasteiger partial charge in [-0.2, -0.15) is 0 Å². The van der Waals surface area contributed by atoms with Crippen molar-refractivity contribution in [3.8, 4) is 17.2 Å². The lowest BCUT2D eigenvalue weighted by Crippen LogP contribution is -2.36. The third-order valence-corrected chi connectivity index (χ3v) is 6.30. The van der Waals surface area contributed by atoms with Crippen molar-refractivity contribution in [2.75, 3.05) is 26.6 Å². The second-order valence-corrected chi connectivity index (χ2v) is 7.80. The molecule has 27 heavy (non-hydrogen) atoms. The van der Waals surface area contributed by atoms with E-state index in [-0.39, 0.29) is 11.3 Å². The molecule has 5 nitrogen and oxygen atoms in total. The van der Waals surface area contributed by atoms with E-state index in [1.807, 2.05) is 40.9 Å². The van der Waals surface area contributed by atoms with Gasteiger partial charge in [0.25, 0.3) is 0 Å². The van der Waals surface area contributed by atoms with Gasteiger partial charge in [0.15, 0.2) is 11.5 Å². The Balaban J connectivity index is 1.66. The Morgan fingerprint density at radius 2 is 2.07 bits per heavy atom. The maximum atomic E-state index is 12.8. The van der Waals surface area contributed by atoms with Crippen molar-refractivity contribution in [3.05, 3.63) is 53.1 Å². The molecule has 1 unspecified atom stereocenters. The molecule has 2 aliphatic rings. The summed E-state index contributed by atoms with van der Waals surface area (Å²) in [5.41, 5.74) is 3.33. The second-order valence-electron chi connectivity index (χ2n) is 6.61. The molecule has 0 aromatic heterocycles. The van der Waals surface area contributed by atoms with Crippen LogP contribution in [0.2, 0.25) is 0 Å². The third-order valence-electron chi connectivity index (χ3n) is 5.02. The van der Waals surface area contributed by atoms with Crippen molar-refractivity contribution < 1.29 is 19.0 Å². The van der Waals surface area contributed by atoms with E-state index in [2.05, 4.69) is 12.1 Å². The highest BCUT2D eigenvalue weighted by molar-refractivity contribution is 7.99. The maximum absolute atomic E-state index is 12.8. The Labute approximate surface area is 163 Å². The van der Waals surface area contributed by atoms with E-state index < -0.39 is 0 Å². The molecule has 0 aliphatic carbocycles. The van der Waals surface area contributed by atoms with Crippen LogP contribution >= 0.6 is 11.8 Å². The van der Waals surface area contributed by atoms with Gasteiger partial charge in [-0.15, -0.1) is 11.8 Å². The first-order valence-electron chi connectivity index (χ1n) is 9.08. The van der Waals surface area contributed by atoms with Gasteiger partial charge in [-0.1, -0.05) is 18.2 Å². The average molecular weight is 385 g/mol. The van der Waals surface area contributed by atoms with E-state index in [0.29, 0.717) is 24.5 Å². The van der Waals surface area contributed by atoms with Crippen molar-refractivity contribution in [2.45, 2.75) is 24.8 Å². The number of thioether (sulfide) groups is 1. The van der Waals surface area contributed by atoms with E-state index in [1.165, 1.54) is 5.56 Å². The van der Waals surface area contributed by atoms with Gasteiger partial charge >= 0.3 is 0 Å². The Morgan fingerprint density at radius 1 is 1.19 bits per heavy atom. The molecule has 0 spiro atoms. The Bertz CT molecular complexity index is 854. The first-order valence-corrected chi connectivity index (χ1v) is 10.1. The zero-order valence-electron chi connectivity index (χ0n) is 15.6. The van der Waals surface area contributed by atoms with Gasteiger partial charge in [0.1, 0.15) is 11.1 Å². The average Bonchev–Trinajstić information content (AvgIpc) is 3.17. The maximum Gasteiger partial charge on any atom is 0.224 e. The normalized spacial score (nSPS) is 18.8.